The van der Waals surface area contributed by atoms with Crippen LogP contribution in [0, 0.1) is 11.2 Å². The molecule has 0 radical (unpaired) electrons. The molecular formula is C27H22FN7OS. The Labute approximate surface area is 215 Å². The van der Waals surface area contributed by atoms with Crippen molar-refractivity contribution >= 4 is 45.0 Å². The molecule has 6 rings (SSSR count). The number of H-pyrrole nitrogens is 2. The van der Waals surface area contributed by atoms with Crippen LogP contribution in [0.15, 0.2) is 59.7 Å². The van der Waals surface area contributed by atoms with Gasteiger partial charge < -0.3 is 10.3 Å². The monoisotopic (exact) mass is 511 g/mol. The minimum absolute atomic E-state index is 0.134. The van der Waals surface area contributed by atoms with E-state index >= 15 is 4.39 Å². The molecule has 184 valence electrons. The van der Waals surface area contributed by atoms with Gasteiger partial charge >= 0.3 is 0 Å². The van der Waals surface area contributed by atoms with Crippen molar-refractivity contribution in [3.63, 3.8) is 0 Å². The van der Waals surface area contributed by atoms with E-state index in [0.29, 0.717) is 39.4 Å². The fraction of sp³-hybridized carbons (Fsp3) is 0.148. The van der Waals surface area contributed by atoms with Crippen molar-refractivity contribution in [2.75, 3.05) is 5.32 Å². The van der Waals surface area contributed by atoms with Gasteiger partial charge in [-0.1, -0.05) is 20.8 Å². The number of carbonyl (C=O) groups is 1. The van der Waals surface area contributed by atoms with Gasteiger partial charge in [-0.25, -0.2) is 14.4 Å². The summed E-state index contributed by atoms with van der Waals surface area (Å²) < 4.78 is 15.2. The van der Waals surface area contributed by atoms with Gasteiger partial charge in [0, 0.05) is 34.3 Å². The fourth-order valence-corrected chi connectivity index (χ4v) is 4.75. The molecule has 1 amide bonds. The number of fused-ring (bicyclic) bond motifs is 2. The first-order chi connectivity index (χ1) is 17.8. The fourth-order valence-electron chi connectivity index (χ4n) is 4.09. The van der Waals surface area contributed by atoms with Crippen LogP contribution in [0.2, 0.25) is 0 Å². The zero-order valence-corrected chi connectivity index (χ0v) is 21.1. The number of pyridine rings is 2. The molecular weight excluding hydrogens is 489 g/mol. The minimum Gasteiger partial charge on any atom is -0.335 e. The number of carbonyl (C=O) groups excluding carboxylic acids is 1. The predicted octanol–water partition coefficient (Wildman–Crippen LogP) is 6.42. The van der Waals surface area contributed by atoms with Crippen molar-refractivity contribution in [3.05, 3.63) is 65.5 Å². The quantitative estimate of drug-likeness (QED) is 0.253. The van der Waals surface area contributed by atoms with Gasteiger partial charge in [0.05, 0.1) is 17.4 Å². The molecule has 0 saturated heterocycles. The Bertz CT molecular complexity index is 1780. The van der Waals surface area contributed by atoms with E-state index in [9.17, 15) is 4.79 Å². The third-order valence-corrected chi connectivity index (χ3v) is 6.77. The van der Waals surface area contributed by atoms with E-state index in [-0.39, 0.29) is 11.4 Å². The molecule has 3 N–H and O–H groups in total. The number of aromatic amines is 2. The molecule has 8 nitrogen and oxygen atoms in total. The third-order valence-electron chi connectivity index (χ3n) is 6.08. The third kappa shape index (κ3) is 4.15. The molecule has 0 aliphatic carbocycles. The van der Waals surface area contributed by atoms with Crippen molar-refractivity contribution < 1.29 is 9.18 Å². The van der Waals surface area contributed by atoms with Gasteiger partial charge in [0.1, 0.15) is 11.2 Å². The summed E-state index contributed by atoms with van der Waals surface area (Å²) in [5.74, 6) is -0.105. The van der Waals surface area contributed by atoms with Gasteiger partial charge in [-0.3, -0.25) is 14.9 Å². The summed E-state index contributed by atoms with van der Waals surface area (Å²) in [7, 11) is 0. The number of imidazole rings is 1. The molecule has 0 bridgehead atoms. The maximum atomic E-state index is 15.2. The Hall–Kier alpha value is -4.44. The van der Waals surface area contributed by atoms with Crippen LogP contribution in [0.1, 0.15) is 20.8 Å². The highest BCUT2D eigenvalue weighted by Gasteiger charge is 2.22. The first-order valence-corrected chi connectivity index (χ1v) is 12.5. The minimum atomic E-state index is -0.558. The molecule has 0 aliphatic rings. The zero-order chi connectivity index (χ0) is 25.7. The number of anilines is 1. The largest absolute Gasteiger partial charge is 0.335 e. The number of hydrogen-bond acceptors (Lipinski definition) is 6. The van der Waals surface area contributed by atoms with Gasteiger partial charge in [-0.2, -0.15) is 16.4 Å². The van der Waals surface area contributed by atoms with Crippen LogP contribution in [0.3, 0.4) is 0 Å². The Morgan fingerprint density at radius 3 is 2.73 bits per heavy atom. The number of hydrogen-bond donors (Lipinski definition) is 3. The summed E-state index contributed by atoms with van der Waals surface area (Å²) in [6, 6.07) is 9.00. The summed E-state index contributed by atoms with van der Waals surface area (Å²) in [4.78, 5) is 29.1. The van der Waals surface area contributed by atoms with E-state index in [1.54, 1.807) is 36.0 Å². The van der Waals surface area contributed by atoms with Gasteiger partial charge in [-0.05, 0) is 52.2 Å². The van der Waals surface area contributed by atoms with E-state index in [0.717, 1.165) is 16.6 Å². The number of aromatic nitrogens is 6. The summed E-state index contributed by atoms with van der Waals surface area (Å²) >= 11 is 1.61. The second kappa shape index (κ2) is 8.59. The number of benzene rings is 1. The highest BCUT2D eigenvalue weighted by molar-refractivity contribution is 7.08. The van der Waals surface area contributed by atoms with Crippen LogP contribution in [-0.2, 0) is 4.79 Å². The maximum Gasteiger partial charge on any atom is 0.229 e. The van der Waals surface area contributed by atoms with Gasteiger partial charge in [-0.15, -0.1) is 0 Å². The van der Waals surface area contributed by atoms with Gasteiger partial charge in [0.25, 0.3) is 0 Å². The highest BCUT2D eigenvalue weighted by Crippen LogP contribution is 2.34. The van der Waals surface area contributed by atoms with Crippen molar-refractivity contribution in [1.82, 2.24) is 30.1 Å². The molecule has 0 spiro atoms. The average Bonchev–Trinajstić information content (AvgIpc) is 3.62. The van der Waals surface area contributed by atoms with E-state index in [4.69, 9.17) is 0 Å². The second-order valence-electron chi connectivity index (χ2n) is 9.77. The summed E-state index contributed by atoms with van der Waals surface area (Å²) in [6.07, 6.45) is 4.92. The lowest BCUT2D eigenvalue weighted by Gasteiger charge is -2.17. The van der Waals surface area contributed by atoms with E-state index in [2.05, 4.69) is 40.8 Å². The van der Waals surface area contributed by atoms with Crippen LogP contribution >= 0.6 is 11.3 Å². The molecule has 0 unspecified atom stereocenters. The maximum absolute atomic E-state index is 15.2. The molecule has 0 aliphatic heterocycles. The molecule has 37 heavy (non-hydrogen) atoms. The number of nitrogens with zero attached hydrogens (tertiary/aromatic N) is 4. The standard InChI is InChI=1S/C27H22FN7OS/c1-27(2,3)26(36)31-17-8-16(11-29-12-17)15-9-19-21(20(28)10-15)34-35-23(19)25-32-22-18(14-5-7-37-13-14)4-6-30-24(22)33-25/h4-13H,1-3H3,(H,31,36)(H,34,35)(H,30,32,33). The van der Waals surface area contributed by atoms with E-state index in [1.165, 1.54) is 6.07 Å². The van der Waals surface area contributed by atoms with E-state index in [1.807, 2.05) is 44.4 Å². The number of amides is 1. The first kappa shape index (κ1) is 23.0. The molecule has 0 fully saturated rings. The predicted molar refractivity (Wildman–Crippen MR) is 144 cm³/mol. The molecule has 0 saturated carbocycles. The average molecular weight is 512 g/mol. The van der Waals surface area contributed by atoms with Crippen LogP contribution in [-0.4, -0.2) is 36.0 Å². The van der Waals surface area contributed by atoms with Crippen molar-refractivity contribution in [2.45, 2.75) is 20.8 Å². The lowest BCUT2D eigenvalue weighted by atomic mass is 9.95. The topological polar surface area (TPSA) is 112 Å². The van der Waals surface area contributed by atoms with Gasteiger partial charge in [0.2, 0.25) is 5.91 Å². The van der Waals surface area contributed by atoms with Crippen molar-refractivity contribution in [3.8, 4) is 33.8 Å². The number of halogens is 1. The first-order valence-electron chi connectivity index (χ1n) is 11.6. The highest BCUT2D eigenvalue weighted by atomic mass is 32.1. The summed E-state index contributed by atoms with van der Waals surface area (Å²) in [5.41, 5.74) is 5.40. The number of thiophene rings is 1. The molecule has 6 aromatic rings. The molecule has 5 heterocycles. The Morgan fingerprint density at radius 1 is 1.08 bits per heavy atom. The Kier molecular flexibility index (Phi) is 5.34. The number of nitrogens with one attached hydrogen (secondary N) is 3. The summed E-state index contributed by atoms with van der Waals surface area (Å²) in [6.45, 7) is 5.50. The van der Waals surface area contributed by atoms with E-state index < -0.39 is 11.2 Å². The SMILES string of the molecule is CC(C)(C)C(=O)Nc1cncc(-c2cc(F)c3n[nH]c(-c4nc5nccc(-c6ccsc6)c5[nH]4)c3c2)c1. The second-order valence-corrected chi connectivity index (χ2v) is 10.6. The van der Waals surface area contributed by atoms with Crippen LogP contribution in [0.5, 0.6) is 0 Å². The molecule has 0 atom stereocenters. The smallest absolute Gasteiger partial charge is 0.229 e. The van der Waals surface area contributed by atoms with Crippen molar-refractivity contribution in [2.24, 2.45) is 5.41 Å². The Balaban J connectivity index is 1.43. The molecule has 10 heteroatoms. The Morgan fingerprint density at radius 2 is 1.95 bits per heavy atom. The summed E-state index contributed by atoms with van der Waals surface area (Å²) in [5, 5.41) is 14.7. The lowest BCUT2D eigenvalue weighted by Crippen LogP contribution is -2.27. The van der Waals surface area contributed by atoms with Gasteiger partial charge in [0.15, 0.2) is 17.3 Å². The molecule has 1 aromatic carbocycles. The normalized spacial score (nSPS) is 11.9. The van der Waals surface area contributed by atoms with Crippen LogP contribution in [0.4, 0.5) is 10.1 Å². The van der Waals surface area contributed by atoms with Crippen LogP contribution < -0.4 is 5.32 Å². The van der Waals surface area contributed by atoms with Crippen LogP contribution in [0.25, 0.3) is 55.8 Å². The lowest BCUT2D eigenvalue weighted by molar-refractivity contribution is -0.123. The molecule has 5 aromatic heterocycles. The van der Waals surface area contributed by atoms with Crippen molar-refractivity contribution in [1.29, 1.82) is 0 Å². The number of rotatable bonds is 4. The zero-order valence-electron chi connectivity index (χ0n) is 20.3.